The highest BCUT2D eigenvalue weighted by Gasteiger charge is 2.24. The molecule has 1 aromatic rings. The monoisotopic (exact) mass is 250 g/mol. The third-order valence-corrected chi connectivity index (χ3v) is 3.85. The van der Waals surface area contributed by atoms with Crippen LogP contribution in [-0.2, 0) is 11.3 Å². The van der Waals surface area contributed by atoms with E-state index in [2.05, 4.69) is 12.0 Å². The van der Waals surface area contributed by atoms with Crippen LogP contribution in [0.4, 0.5) is 5.69 Å². The van der Waals surface area contributed by atoms with Gasteiger partial charge in [-0.3, -0.25) is 9.48 Å². The molecule has 1 aliphatic rings. The smallest absolute Gasteiger partial charge is 0.244 e. The summed E-state index contributed by atoms with van der Waals surface area (Å²) < 4.78 is 1.72. The van der Waals surface area contributed by atoms with Crippen molar-refractivity contribution >= 4 is 11.6 Å². The van der Waals surface area contributed by atoms with Crippen LogP contribution in [0.25, 0.3) is 0 Å². The molecule has 0 radical (unpaired) electrons. The summed E-state index contributed by atoms with van der Waals surface area (Å²) in [6.07, 6.45) is 3.43. The molecule has 2 N–H and O–H groups in total. The third-order valence-electron chi connectivity index (χ3n) is 3.85. The van der Waals surface area contributed by atoms with Gasteiger partial charge in [-0.05, 0) is 40.0 Å². The predicted molar refractivity (Wildman–Crippen MR) is 71.1 cm³/mol. The molecule has 1 aromatic heterocycles. The van der Waals surface area contributed by atoms with Gasteiger partial charge in [0.1, 0.15) is 6.54 Å². The Morgan fingerprint density at radius 3 is 2.72 bits per heavy atom. The second-order valence-corrected chi connectivity index (χ2v) is 5.17. The van der Waals surface area contributed by atoms with Crippen molar-refractivity contribution in [1.82, 2.24) is 14.7 Å². The number of carbonyl (C=O) groups excluding carboxylic acids is 1. The van der Waals surface area contributed by atoms with Gasteiger partial charge in [-0.2, -0.15) is 5.10 Å². The van der Waals surface area contributed by atoms with E-state index in [0.717, 1.165) is 30.8 Å². The Balaban J connectivity index is 2.08. The Labute approximate surface area is 108 Å². The van der Waals surface area contributed by atoms with E-state index in [1.165, 1.54) is 6.42 Å². The molecular formula is C13H22N4O. The van der Waals surface area contributed by atoms with E-state index >= 15 is 0 Å². The summed E-state index contributed by atoms with van der Waals surface area (Å²) in [4.78, 5) is 14.2. The number of amides is 1. The van der Waals surface area contributed by atoms with Gasteiger partial charge in [-0.1, -0.05) is 0 Å². The van der Waals surface area contributed by atoms with E-state index in [1.54, 1.807) is 4.68 Å². The van der Waals surface area contributed by atoms with Crippen LogP contribution in [0.1, 0.15) is 37.6 Å². The first-order chi connectivity index (χ1) is 8.50. The van der Waals surface area contributed by atoms with Crippen LogP contribution in [0.3, 0.4) is 0 Å². The third kappa shape index (κ3) is 2.35. The van der Waals surface area contributed by atoms with Gasteiger partial charge < -0.3 is 10.6 Å². The van der Waals surface area contributed by atoms with Crippen molar-refractivity contribution in [2.45, 2.75) is 52.6 Å². The van der Waals surface area contributed by atoms with Crippen molar-refractivity contribution in [1.29, 1.82) is 0 Å². The van der Waals surface area contributed by atoms with Gasteiger partial charge in [-0.25, -0.2) is 0 Å². The number of rotatable bonds is 2. The number of hydrogen-bond acceptors (Lipinski definition) is 3. The summed E-state index contributed by atoms with van der Waals surface area (Å²) in [7, 11) is 0. The Morgan fingerprint density at radius 1 is 1.44 bits per heavy atom. The molecule has 0 spiro atoms. The van der Waals surface area contributed by atoms with E-state index in [1.807, 2.05) is 18.7 Å². The van der Waals surface area contributed by atoms with Crippen LogP contribution < -0.4 is 5.73 Å². The number of likely N-dealkylation sites (tertiary alicyclic amines) is 1. The molecule has 0 aromatic carbocycles. The SMILES string of the molecule is Cc1nn(CC(=O)N2CCCCC2C)c(C)c1N. The molecule has 2 rings (SSSR count). The van der Waals surface area contributed by atoms with Gasteiger partial charge in [0.05, 0.1) is 17.1 Å². The fraction of sp³-hybridized carbons (Fsp3) is 0.692. The number of piperidine rings is 1. The van der Waals surface area contributed by atoms with Crippen molar-refractivity contribution in [3.05, 3.63) is 11.4 Å². The number of nitrogens with zero attached hydrogens (tertiary/aromatic N) is 3. The first-order valence-corrected chi connectivity index (χ1v) is 6.59. The largest absolute Gasteiger partial charge is 0.396 e. The lowest BCUT2D eigenvalue weighted by atomic mass is 10.0. The topological polar surface area (TPSA) is 64.2 Å². The number of hydrogen-bond donors (Lipinski definition) is 1. The highest BCUT2D eigenvalue weighted by molar-refractivity contribution is 5.76. The van der Waals surface area contributed by atoms with Crippen LogP contribution in [0, 0.1) is 13.8 Å². The minimum atomic E-state index is 0.146. The standard InChI is InChI=1S/C13H22N4O/c1-9-6-4-5-7-16(9)12(18)8-17-11(3)13(14)10(2)15-17/h9H,4-8,14H2,1-3H3. The molecule has 100 valence electrons. The molecule has 1 unspecified atom stereocenters. The molecule has 0 aliphatic carbocycles. The van der Waals surface area contributed by atoms with Gasteiger partial charge in [0, 0.05) is 12.6 Å². The fourth-order valence-electron chi connectivity index (χ4n) is 2.55. The maximum atomic E-state index is 12.3. The zero-order chi connectivity index (χ0) is 13.3. The number of nitrogens with two attached hydrogens (primary N) is 1. The predicted octanol–water partition coefficient (Wildman–Crippen LogP) is 1.48. The lowest BCUT2D eigenvalue weighted by molar-refractivity contribution is -0.135. The van der Waals surface area contributed by atoms with Gasteiger partial charge in [0.15, 0.2) is 0 Å². The average Bonchev–Trinajstić information content (AvgIpc) is 2.57. The number of aromatic nitrogens is 2. The summed E-state index contributed by atoms with van der Waals surface area (Å²) >= 11 is 0. The second kappa shape index (κ2) is 5.00. The number of aryl methyl sites for hydroxylation is 1. The quantitative estimate of drug-likeness (QED) is 0.864. The summed E-state index contributed by atoms with van der Waals surface area (Å²) in [6.45, 7) is 7.06. The molecule has 0 saturated carbocycles. The highest BCUT2D eigenvalue weighted by atomic mass is 16.2. The van der Waals surface area contributed by atoms with E-state index in [4.69, 9.17) is 5.73 Å². The molecular weight excluding hydrogens is 228 g/mol. The zero-order valence-corrected chi connectivity index (χ0v) is 11.4. The molecule has 18 heavy (non-hydrogen) atoms. The van der Waals surface area contributed by atoms with Gasteiger partial charge in [-0.15, -0.1) is 0 Å². The summed E-state index contributed by atoms with van der Waals surface area (Å²) in [5.41, 5.74) is 8.24. The summed E-state index contributed by atoms with van der Waals surface area (Å²) in [5, 5.41) is 4.31. The van der Waals surface area contributed by atoms with Crippen molar-refractivity contribution < 1.29 is 4.79 Å². The van der Waals surface area contributed by atoms with Gasteiger partial charge in [0.2, 0.25) is 5.91 Å². The van der Waals surface area contributed by atoms with E-state index in [-0.39, 0.29) is 5.91 Å². The van der Waals surface area contributed by atoms with Crippen LogP contribution >= 0.6 is 0 Å². The molecule has 0 bridgehead atoms. The molecule has 1 amide bonds. The first-order valence-electron chi connectivity index (χ1n) is 6.59. The lowest BCUT2D eigenvalue weighted by Crippen LogP contribution is -2.43. The van der Waals surface area contributed by atoms with Crippen LogP contribution in [-0.4, -0.2) is 33.2 Å². The molecule has 1 saturated heterocycles. The Morgan fingerprint density at radius 2 is 2.17 bits per heavy atom. The minimum Gasteiger partial charge on any atom is -0.396 e. The number of nitrogen functional groups attached to an aromatic ring is 1. The van der Waals surface area contributed by atoms with E-state index < -0.39 is 0 Å². The average molecular weight is 250 g/mol. The van der Waals surface area contributed by atoms with Crippen molar-refractivity contribution in [3.63, 3.8) is 0 Å². The zero-order valence-electron chi connectivity index (χ0n) is 11.4. The van der Waals surface area contributed by atoms with Gasteiger partial charge in [0.25, 0.3) is 0 Å². The fourth-order valence-corrected chi connectivity index (χ4v) is 2.55. The molecule has 5 heteroatoms. The van der Waals surface area contributed by atoms with Crippen LogP contribution in [0.5, 0.6) is 0 Å². The van der Waals surface area contributed by atoms with Crippen LogP contribution in [0.2, 0.25) is 0 Å². The molecule has 5 nitrogen and oxygen atoms in total. The van der Waals surface area contributed by atoms with E-state index in [0.29, 0.717) is 18.3 Å². The van der Waals surface area contributed by atoms with Gasteiger partial charge >= 0.3 is 0 Å². The van der Waals surface area contributed by atoms with Crippen LogP contribution in [0.15, 0.2) is 0 Å². The molecule has 1 aliphatic heterocycles. The highest BCUT2D eigenvalue weighted by Crippen LogP contribution is 2.18. The maximum absolute atomic E-state index is 12.3. The van der Waals surface area contributed by atoms with Crippen molar-refractivity contribution in [2.75, 3.05) is 12.3 Å². The Bertz CT molecular complexity index is 452. The minimum absolute atomic E-state index is 0.146. The molecule has 2 heterocycles. The van der Waals surface area contributed by atoms with E-state index in [9.17, 15) is 4.79 Å². The molecule has 1 atom stereocenters. The number of carbonyl (C=O) groups is 1. The first kappa shape index (κ1) is 12.9. The molecule has 1 fully saturated rings. The lowest BCUT2D eigenvalue weighted by Gasteiger charge is -2.33. The maximum Gasteiger partial charge on any atom is 0.244 e. The van der Waals surface area contributed by atoms with Crippen molar-refractivity contribution in [2.24, 2.45) is 0 Å². The summed E-state index contributed by atoms with van der Waals surface area (Å²) in [5.74, 6) is 0.146. The Kier molecular flexibility index (Phi) is 3.59. The Hall–Kier alpha value is -1.52. The van der Waals surface area contributed by atoms with Crippen molar-refractivity contribution in [3.8, 4) is 0 Å². The summed E-state index contributed by atoms with van der Waals surface area (Å²) in [6, 6.07) is 0.348. The second-order valence-electron chi connectivity index (χ2n) is 5.17. The number of anilines is 1. The normalized spacial score (nSPS) is 20.2.